The number of nitrogens with zero attached hydrogens (tertiary/aromatic N) is 3. The number of hydrogen-bond acceptors (Lipinski definition) is 7. The SMILES string of the molecule is COc1ccc(NC(C)=O)cc1NC(=O)c1ccc(N2CCOCC2)nn1. The van der Waals surface area contributed by atoms with Gasteiger partial charge >= 0.3 is 0 Å². The van der Waals surface area contributed by atoms with Gasteiger partial charge in [-0.05, 0) is 30.3 Å². The molecule has 1 aromatic carbocycles. The summed E-state index contributed by atoms with van der Waals surface area (Å²) in [6, 6.07) is 8.35. The van der Waals surface area contributed by atoms with Crippen LogP contribution in [0, 0.1) is 0 Å². The van der Waals surface area contributed by atoms with E-state index in [0.29, 0.717) is 36.2 Å². The summed E-state index contributed by atoms with van der Waals surface area (Å²) in [5.74, 6) is 0.548. The molecule has 1 aromatic heterocycles. The highest BCUT2D eigenvalue weighted by molar-refractivity contribution is 6.04. The molecule has 0 unspecified atom stereocenters. The van der Waals surface area contributed by atoms with Gasteiger partial charge in [-0.15, -0.1) is 10.2 Å². The highest BCUT2D eigenvalue weighted by Gasteiger charge is 2.16. The van der Waals surface area contributed by atoms with Crippen LogP contribution in [0.2, 0.25) is 0 Å². The summed E-state index contributed by atoms with van der Waals surface area (Å²) in [7, 11) is 1.50. The Labute approximate surface area is 156 Å². The van der Waals surface area contributed by atoms with E-state index in [1.807, 2.05) is 0 Å². The molecule has 2 N–H and O–H groups in total. The van der Waals surface area contributed by atoms with Crippen molar-refractivity contribution in [2.24, 2.45) is 0 Å². The van der Waals surface area contributed by atoms with Crippen LogP contribution >= 0.6 is 0 Å². The average molecular weight is 371 g/mol. The second kappa shape index (κ2) is 8.45. The Morgan fingerprint density at radius 2 is 1.89 bits per heavy atom. The fraction of sp³-hybridized carbons (Fsp3) is 0.333. The molecule has 1 aliphatic heterocycles. The van der Waals surface area contributed by atoms with Gasteiger partial charge in [0, 0.05) is 25.7 Å². The molecule has 27 heavy (non-hydrogen) atoms. The second-order valence-corrected chi connectivity index (χ2v) is 5.93. The number of morpholine rings is 1. The monoisotopic (exact) mass is 371 g/mol. The largest absolute Gasteiger partial charge is 0.495 e. The minimum absolute atomic E-state index is 0.180. The van der Waals surface area contributed by atoms with E-state index in [9.17, 15) is 9.59 Å². The molecule has 1 saturated heterocycles. The van der Waals surface area contributed by atoms with Gasteiger partial charge in [-0.1, -0.05) is 0 Å². The van der Waals surface area contributed by atoms with E-state index >= 15 is 0 Å². The van der Waals surface area contributed by atoms with Crippen molar-refractivity contribution in [1.29, 1.82) is 0 Å². The Morgan fingerprint density at radius 1 is 1.11 bits per heavy atom. The predicted molar refractivity (Wildman–Crippen MR) is 100 cm³/mol. The van der Waals surface area contributed by atoms with Crippen molar-refractivity contribution in [2.75, 3.05) is 48.9 Å². The van der Waals surface area contributed by atoms with Crippen molar-refractivity contribution in [3.63, 3.8) is 0 Å². The summed E-state index contributed by atoms with van der Waals surface area (Å²) in [5, 5.41) is 13.6. The number of carbonyl (C=O) groups excluding carboxylic acids is 2. The molecule has 0 aliphatic carbocycles. The molecular formula is C18H21N5O4. The first-order chi connectivity index (χ1) is 13.1. The second-order valence-electron chi connectivity index (χ2n) is 5.93. The van der Waals surface area contributed by atoms with Crippen LogP contribution in [-0.4, -0.2) is 55.4 Å². The number of benzene rings is 1. The third kappa shape index (κ3) is 4.70. The van der Waals surface area contributed by atoms with Crippen LogP contribution < -0.4 is 20.3 Å². The summed E-state index contributed by atoms with van der Waals surface area (Å²) >= 11 is 0. The van der Waals surface area contributed by atoms with Crippen LogP contribution in [0.15, 0.2) is 30.3 Å². The van der Waals surface area contributed by atoms with Crippen molar-refractivity contribution in [2.45, 2.75) is 6.92 Å². The van der Waals surface area contributed by atoms with Crippen LogP contribution in [0.5, 0.6) is 5.75 Å². The molecule has 1 aliphatic rings. The van der Waals surface area contributed by atoms with Crippen molar-refractivity contribution < 1.29 is 19.1 Å². The summed E-state index contributed by atoms with van der Waals surface area (Å²) in [6.45, 7) is 4.19. The lowest BCUT2D eigenvalue weighted by molar-refractivity contribution is -0.114. The maximum Gasteiger partial charge on any atom is 0.276 e. The topological polar surface area (TPSA) is 106 Å². The number of nitrogens with one attached hydrogen (secondary N) is 2. The standard InChI is InChI=1S/C18H21N5O4/c1-12(24)19-13-3-5-16(26-2)15(11-13)20-18(25)14-4-6-17(22-21-14)23-7-9-27-10-8-23/h3-6,11H,7-10H2,1-2H3,(H,19,24)(H,20,25). The number of ether oxygens (including phenoxy) is 2. The number of amides is 2. The Morgan fingerprint density at radius 3 is 2.52 bits per heavy atom. The normalized spacial score (nSPS) is 13.8. The van der Waals surface area contributed by atoms with E-state index in [1.165, 1.54) is 14.0 Å². The molecule has 142 valence electrons. The summed E-state index contributed by atoms with van der Waals surface area (Å²) in [6.07, 6.45) is 0. The molecule has 9 heteroatoms. The molecule has 0 bridgehead atoms. The highest BCUT2D eigenvalue weighted by Crippen LogP contribution is 2.28. The fourth-order valence-corrected chi connectivity index (χ4v) is 2.68. The highest BCUT2D eigenvalue weighted by atomic mass is 16.5. The lowest BCUT2D eigenvalue weighted by Crippen LogP contribution is -2.37. The van der Waals surface area contributed by atoms with Crippen LogP contribution in [0.25, 0.3) is 0 Å². The van der Waals surface area contributed by atoms with Gasteiger partial charge in [0.05, 0.1) is 26.0 Å². The Bertz CT molecular complexity index is 819. The van der Waals surface area contributed by atoms with E-state index in [2.05, 4.69) is 25.7 Å². The third-order valence-corrected chi connectivity index (χ3v) is 3.99. The fourth-order valence-electron chi connectivity index (χ4n) is 2.68. The smallest absolute Gasteiger partial charge is 0.276 e. The number of rotatable bonds is 5. The predicted octanol–water partition coefficient (Wildman–Crippen LogP) is 1.53. The van der Waals surface area contributed by atoms with Gasteiger partial charge in [-0.3, -0.25) is 9.59 Å². The zero-order chi connectivity index (χ0) is 19.2. The van der Waals surface area contributed by atoms with Crippen LogP contribution in [0.4, 0.5) is 17.2 Å². The van der Waals surface area contributed by atoms with Gasteiger partial charge in [0.1, 0.15) is 5.75 Å². The van der Waals surface area contributed by atoms with E-state index in [1.54, 1.807) is 30.3 Å². The molecule has 9 nitrogen and oxygen atoms in total. The molecule has 0 atom stereocenters. The van der Waals surface area contributed by atoms with Crippen molar-refractivity contribution in [1.82, 2.24) is 10.2 Å². The molecule has 2 aromatic rings. The number of carbonyl (C=O) groups is 2. The zero-order valence-electron chi connectivity index (χ0n) is 15.2. The molecule has 0 spiro atoms. The van der Waals surface area contributed by atoms with Crippen LogP contribution in [0.1, 0.15) is 17.4 Å². The van der Waals surface area contributed by atoms with Gasteiger partial charge in [0.2, 0.25) is 5.91 Å². The molecule has 3 rings (SSSR count). The Balaban J connectivity index is 1.73. The van der Waals surface area contributed by atoms with Crippen molar-refractivity contribution in [3.05, 3.63) is 36.0 Å². The summed E-state index contributed by atoms with van der Waals surface area (Å²) in [4.78, 5) is 25.8. The maximum absolute atomic E-state index is 12.5. The maximum atomic E-state index is 12.5. The summed E-state index contributed by atoms with van der Waals surface area (Å²) < 4.78 is 10.6. The van der Waals surface area contributed by atoms with Crippen molar-refractivity contribution >= 4 is 29.0 Å². The third-order valence-electron chi connectivity index (χ3n) is 3.99. The molecular weight excluding hydrogens is 350 g/mol. The van der Waals surface area contributed by atoms with Crippen LogP contribution in [0.3, 0.4) is 0 Å². The number of anilines is 3. The van der Waals surface area contributed by atoms with Crippen LogP contribution in [-0.2, 0) is 9.53 Å². The molecule has 2 heterocycles. The Hall–Kier alpha value is -3.20. The Kier molecular flexibility index (Phi) is 5.82. The van der Waals surface area contributed by atoms with Gasteiger partial charge in [0.15, 0.2) is 11.5 Å². The number of hydrogen-bond donors (Lipinski definition) is 2. The molecule has 0 radical (unpaired) electrons. The van der Waals surface area contributed by atoms with Gasteiger partial charge in [0.25, 0.3) is 5.91 Å². The van der Waals surface area contributed by atoms with Gasteiger partial charge < -0.3 is 25.0 Å². The van der Waals surface area contributed by atoms with Crippen molar-refractivity contribution in [3.8, 4) is 5.75 Å². The quantitative estimate of drug-likeness (QED) is 0.821. The lowest BCUT2D eigenvalue weighted by Gasteiger charge is -2.27. The van der Waals surface area contributed by atoms with E-state index < -0.39 is 5.91 Å². The van der Waals surface area contributed by atoms with E-state index in [-0.39, 0.29) is 11.6 Å². The number of methoxy groups -OCH3 is 1. The lowest BCUT2D eigenvalue weighted by atomic mass is 10.2. The van der Waals surface area contributed by atoms with Gasteiger partial charge in [-0.25, -0.2) is 0 Å². The molecule has 1 fully saturated rings. The zero-order valence-corrected chi connectivity index (χ0v) is 15.2. The first-order valence-electron chi connectivity index (χ1n) is 8.50. The average Bonchev–Trinajstić information content (AvgIpc) is 2.68. The first kappa shape index (κ1) is 18.6. The number of aromatic nitrogens is 2. The molecule has 2 amide bonds. The minimum Gasteiger partial charge on any atom is -0.495 e. The van der Waals surface area contributed by atoms with Gasteiger partial charge in [-0.2, -0.15) is 0 Å². The van der Waals surface area contributed by atoms with E-state index in [0.717, 1.165) is 13.1 Å². The van der Waals surface area contributed by atoms with E-state index in [4.69, 9.17) is 9.47 Å². The molecule has 0 saturated carbocycles. The first-order valence-corrected chi connectivity index (χ1v) is 8.50. The summed E-state index contributed by atoms with van der Waals surface area (Å²) in [5.41, 5.74) is 1.15. The minimum atomic E-state index is -0.422.